The summed E-state index contributed by atoms with van der Waals surface area (Å²) in [6.45, 7) is 7.41. The van der Waals surface area contributed by atoms with Crippen molar-refractivity contribution in [2.24, 2.45) is 0 Å². The molecule has 0 radical (unpaired) electrons. The molecular weight excluding hydrogens is 284 g/mol. The monoisotopic (exact) mass is 306 g/mol. The van der Waals surface area contributed by atoms with E-state index in [1.165, 1.54) is 20.5 Å². The number of aryl methyl sites for hydroxylation is 2. The number of aromatic nitrogens is 1. The van der Waals surface area contributed by atoms with Crippen molar-refractivity contribution in [2.45, 2.75) is 38.1 Å². The first-order valence-corrected chi connectivity index (χ1v) is 8.83. The Morgan fingerprint density at radius 3 is 2.60 bits per heavy atom. The molecule has 108 valence electrons. The van der Waals surface area contributed by atoms with Crippen LogP contribution in [0, 0.1) is 13.8 Å². The van der Waals surface area contributed by atoms with Crippen molar-refractivity contribution in [3.63, 3.8) is 0 Å². The van der Waals surface area contributed by atoms with Crippen LogP contribution in [0.1, 0.15) is 22.5 Å². The SMILES string of the molecule is CCNC(CSc1ccccc1)Cc1nc(C)c(C)s1. The Labute approximate surface area is 130 Å². The molecule has 0 saturated carbocycles. The highest BCUT2D eigenvalue weighted by atomic mass is 32.2. The Bertz CT molecular complexity index is 503. The van der Waals surface area contributed by atoms with Crippen LogP contribution in [-0.2, 0) is 6.42 Å². The van der Waals surface area contributed by atoms with Gasteiger partial charge in [-0.3, -0.25) is 0 Å². The van der Waals surface area contributed by atoms with E-state index in [1.54, 1.807) is 0 Å². The number of benzene rings is 1. The molecule has 20 heavy (non-hydrogen) atoms. The molecule has 4 heteroatoms. The highest BCUT2D eigenvalue weighted by Gasteiger charge is 2.12. The summed E-state index contributed by atoms with van der Waals surface area (Å²) in [6, 6.07) is 11.1. The van der Waals surface area contributed by atoms with Crippen molar-refractivity contribution in [3.8, 4) is 0 Å². The van der Waals surface area contributed by atoms with Crippen LogP contribution in [0.3, 0.4) is 0 Å². The maximum atomic E-state index is 4.66. The van der Waals surface area contributed by atoms with Crippen molar-refractivity contribution in [1.82, 2.24) is 10.3 Å². The fourth-order valence-electron chi connectivity index (χ4n) is 2.03. The molecule has 0 amide bonds. The number of nitrogens with one attached hydrogen (secondary N) is 1. The molecule has 0 bridgehead atoms. The minimum absolute atomic E-state index is 0.482. The summed E-state index contributed by atoms with van der Waals surface area (Å²) < 4.78 is 0. The van der Waals surface area contributed by atoms with Crippen LogP contribution in [-0.4, -0.2) is 23.3 Å². The molecule has 2 rings (SSSR count). The lowest BCUT2D eigenvalue weighted by molar-refractivity contribution is 0.571. The maximum absolute atomic E-state index is 4.66. The number of nitrogens with zero attached hydrogens (tertiary/aromatic N) is 1. The van der Waals surface area contributed by atoms with Crippen molar-refractivity contribution in [3.05, 3.63) is 45.9 Å². The summed E-state index contributed by atoms with van der Waals surface area (Å²) in [7, 11) is 0. The zero-order valence-corrected chi connectivity index (χ0v) is 14.0. The predicted molar refractivity (Wildman–Crippen MR) is 89.9 cm³/mol. The van der Waals surface area contributed by atoms with Crippen molar-refractivity contribution >= 4 is 23.1 Å². The van der Waals surface area contributed by atoms with Gasteiger partial charge in [0.05, 0.1) is 10.7 Å². The number of rotatable bonds is 7. The summed E-state index contributed by atoms with van der Waals surface area (Å²) >= 11 is 3.74. The fraction of sp³-hybridized carbons (Fsp3) is 0.438. The lowest BCUT2D eigenvalue weighted by Crippen LogP contribution is -2.33. The Kier molecular flexibility index (Phi) is 6.07. The summed E-state index contributed by atoms with van der Waals surface area (Å²) in [5.74, 6) is 1.08. The highest BCUT2D eigenvalue weighted by molar-refractivity contribution is 7.99. The number of likely N-dealkylation sites (N-methyl/N-ethyl adjacent to an activating group) is 1. The third kappa shape index (κ3) is 4.62. The van der Waals surface area contributed by atoms with Gasteiger partial charge in [-0.15, -0.1) is 23.1 Å². The molecule has 0 aliphatic carbocycles. The third-order valence-corrected chi connectivity index (χ3v) is 5.45. The highest BCUT2D eigenvalue weighted by Crippen LogP contribution is 2.22. The number of thiazole rings is 1. The average molecular weight is 307 g/mol. The smallest absolute Gasteiger partial charge is 0.0946 e. The van der Waals surface area contributed by atoms with Crippen LogP contribution in [0.2, 0.25) is 0 Å². The van der Waals surface area contributed by atoms with Gasteiger partial charge >= 0.3 is 0 Å². The van der Waals surface area contributed by atoms with Gasteiger partial charge in [0.25, 0.3) is 0 Å². The summed E-state index contributed by atoms with van der Waals surface area (Å²) in [4.78, 5) is 7.33. The van der Waals surface area contributed by atoms with E-state index < -0.39 is 0 Å². The van der Waals surface area contributed by atoms with Crippen LogP contribution in [0.15, 0.2) is 35.2 Å². The lowest BCUT2D eigenvalue weighted by Gasteiger charge is -2.16. The maximum Gasteiger partial charge on any atom is 0.0946 e. The second-order valence-electron chi connectivity index (χ2n) is 4.83. The molecule has 1 N–H and O–H groups in total. The molecule has 0 aliphatic heterocycles. The first-order chi connectivity index (χ1) is 9.69. The van der Waals surface area contributed by atoms with E-state index in [4.69, 9.17) is 0 Å². The van der Waals surface area contributed by atoms with Crippen LogP contribution in [0.5, 0.6) is 0 Å². The largest absolute Gasteiger partial charge is 0.313 e. The topological polar surface area (TPSA) is 24.9 Å². The number of hydrogen-bond donors (Lipinski definition) is 1. The zero-order chi connectivity index (χ0) is 14.4. The second kappa shape index (κ2) is 7.81. The summed E-state index contributed by atoms with van der Waals surface area (Å²) in [5, 5.41) is 4.83. The van der Waals surface area contributed by atoms with E-state index in [9.17, 15) is 0 Å². The standard InChI is InChI=1S/C16H22N2S2/c1-4-17-14(10-16-18-12(2)13(3)20-16)11-19-15-8-6-5-7-9-15/h5-9,14,17H,4,10-11H2,1-3H3. The number of thioether (sulfide) groups is 1. The average Bonchev–Trinajstić information content (AvgIpc) is 2.76. The van der Waals surface area contributed by atoms with Gasteiger partial charge in [0, 0.05) is 28.0 Å². The predicted octanol–water partition coefficient (Wildman–Crippen LogP) is 4.07. The first-order valence-electron chi connectivity index (χ1n) is 7.03. The molecule has 2 aromatic rings. The van der Waals surface area contributed by atoms with E-state index in [2.05, 4.69) is 61.4 Å². The minimum Gasteiger partial charge on any atom is -0.313 e. The Balaban J connectivity index is 1.93. The molecule has 1 unspecified atom stereocenters. The molecule has 2 nitrogen and oxygen atoms in total. The van der Waals surface area contributed by atoms with Crippen LogP contribution in [0.4, 0.5) is 0 Å². The summed E-state index contributed by atoms with van der Waals surface area (Å²) in [5.41, 5.74) is 1.18. The Hall–Kier alpha value is -0.840. The van der Waals surface area contributed by atoms with Crippen molar-refractivity contribution < 1.29 is 0 Å². The Morgan fingerprint density at radius 1 is 1.25 bits per heavy atom. The van der Waals surface area contributed by atoms with Gasteiger partial charge in [0.15, 0.2) is 0 Å². The molecule has 1 heterocycles. The zero-order valence-electron chi connectivity index (χ0n) is 12.3. The van der Waals surface area contributed by atoms with Gasteiger partial charge in [-0.2, -0.15) is 0 Å². The van der Waals surface area contributed by atoms with Gasteiger partial charge < -0.3 is 5.32 Å². The molecule has 0 fully saturated rings. The van der Waals surface area contributed by atoms with Gasteiger partial charge in [0.2, 0.25) is 0 Å². The minimum atomic E-state index is 0.482. The van der Waals surface area contributed by atoms with Crippen LogP contribution in [0.25, 0.3) is 0 Å². The molecule has 0 aliphatic rings. The Morgan fingerprint density at radius 2 is 2.00 bits per heavy atom. The van der Waals surface area contributed by atoms with Crippen molar-refractivity contribution in [1.29, 1.82) is 0 Å². The van der Waals surface area contributed by atoms with Gasteiger partial charge in [-0.05, 0) is 32.5 Å². The van der Waals surface area contributed by atoms with Crippen molar-refractivity contribution in [2.75, 3.05) is 12.3 Å². The fourth-order valence-corrected chi connectivity index (χ4v) is 4.02. The van der Waals surface area contributed by atoms with Gasteiger partial charge in [-0.1, -0.05) is 25.1 Å². The second-order valence-corrected chi connectivity index (χ2v) is 7.21. The van der Waals surface area contributed by atoms with E-state index >= 15 is 0 Å². The van der Waals surface area contributed by atoms with Gasteiger partial charge in [0.1, 0.15) is 0 Å². The normalized spacial score (nSPS) is 12.6. The molecular formula is C16H22N2S2. The van der Waals surface area contributed by atoms with E-state index in [1.807, 2.05) is 23.1 Å². The molecule has 1 aromatic carbocycles. The molecule has 1 aromatic heterocycles. The van der Waals surface area contributed by atoms with E-state index in [0.717, 1.165) is 18.7 Å². The van der Waals surface area contributed by atoms with E-state index in [-0.39, 0.29) is 0 Å². The van der Waals surface area contributed by atoms with Gasteiger partial charge in [-0.25, -0.2) is 4.98 Å². The quantitative estimate of drug-likeness (QED) is 0.780. The molecule has 0 spiro atoms. The molecule has 0 saturated heterocycles. The molecule has 1 atom stereocenters. The first kappa shape index (κ1) is 15.5. The number of hydrogen-bond acceptors (Lipinski definition) is 4. The van der Waals surface area contributed by atoms with E-state index in [0.29, 0.717) is 6.04 Å². The summed E-state index contributed by atoms with van der Waals surface area (Å²) in [6.07, 6.45) is 1.02. The van der Waals surface area contributed by atoms with Crippen LogP contribution >= 0.6 is 23.1 Å². The van der Waals surface area contributed by atoms with Crippen LogP contribution < -0.4 is 5.32 Å². The third-order valence-electron chi connectivity index (χ3n) is 3.18. The lowest BCUT2D eigenvalue weighted by atomic mass is 10.2.